The van der Waals surface area contributed by atoms with E-state index in [0.29, 0.717) is 12.1 Å². The molecule has 1 fully saturated rings. The average Bonchev–Trinajstić information content (AvgIpc) is 1.88. The van der Waals surface area contributed by atoms with Gasteiger partial charge in [-0.3, -0.25) is 4.90 Å². The van der Waals surface area contributed by atoms with Crippen LogP contribution >= 0.6 is 24.8 Å². The van der Waals surface area contributed by atoms with Crippen molar-refractivity contribution in [3.05, 3.63) is 0 Å². The first-order valence-corrected chi connectivity index (χ1v) is 4.22. The minimum absolute atomic E-state index is 0. The van der Waals surface area contributed by atoms with Gasteiger partial charge in [-0.1, -0.05) is 6.92 Å². The van der Waals surface area contributed by atoms with Crippen molar-refractivity contribution in [2.45, 2.75) is 32.9 Å². The zero-order chi connectivity index (χ0) is 7.56. The normalized spacial score (nSPS) is 30.2. The van der Waals surface area contributed by atoms with Crippen LogP contribution in [0.5, 0.6) is 0 Å². The summed E-state index contributed by atoms with van der Waals surface area (Å²) in [5, 5.41) is 3.41. The van der Waals surface area contributed by atoms with E-state index in [1.807, 2.05) is 0 Å². The van der Waals surface area contributed by atoms with Gasteiger partial charge in [0.05, 0.1) is 0 Å². The molecule has 1 rings (SSSR count). The highest BCUT2D eigenvalue weighted by Crippen LogP contribution is 2.07. The highest BCUT2D eigenvalue weighted by Gasteiger charge is 2.21. The van der Waals surface area contributed by atoms with Gasteiger partial charge >= 0.3 is 0 Å². The van der Waals surface area contributed by atoms with Crippen LogP contribution in [0.3, 0.4) is 0 Å². The molecule has 1 N–H and O–H groups in total. The van der Waals surface area contributed by atoms with Gasteiger partial charge in [0.1, 0.15) is 0 Å². The third-order valence-electron chi connectivity index (χ3n) is 2.38. The Hall–Kier alpha value is 0.500. The lowest BCUT2D eigenvalue weighted by Gasteiger charge is -2.38. The quantitative estimate of drug-likeness (QED) is 0.713. The molecular formula is C8H20Cl2N2. The molecule has 1 heterocycles. The number of piperazine rings is 1. The Morgan fingerprint density at radius 1 is 1.17 bits per heavy atom. The van der Waals surface area contributed by atoms with Crippen molar-refractivity contribution < 1.29 is 0 Å². The van der Waals surface area contributed by atoms with Crippen molar-refractivity contribution in [1.82, 2.24) is 10.2 Å². The Bertz CT molecular complexity index is 101. The van der Waals surface area contributed by atoms with Gasteiger partial charge in [-0.2, -0.15) is 0 Å². The molecule has 1 aliphatic rings. The molecule has 0 aromatic carbocycles. The number of halogens is 2. The van der Waals surface area contributed by atoms with E-state index in [0.717, 1.165) is 13.1 Å². The summed E-state index contributed by atoms with van der Waals surface area (Å²) in [4.78, 5) is 2.54. The second-order valence-electron chi connectivity index (χ2n) is 3.19. The molecule has 2 nitrogen and oxygen atoms in total. The van der Waals surface area contributed by atoms with Crippen LogP contribution in [0.2, 0.25) is 0 Å². The van der Waals surface area contributed by atoms with Crippen LogP contribution in [0.15, 0.2) is 0 Å². The van der Waals surface area contributed by atoms with Crippen LogP contribution < -0.4 is 5.32 Å². The lowest BCUT2D eigenvalue weighted by atomic mass is 10.1. The Balaban J connectivity index is 0. The van der Waals surface area contributed by atoms with Gasteiger partial charge in [-0.05, 0) is 20.4 Å². The summed E-state index contributed by atoms with van der Waals surface area (Å²) in [7, 11) is 0. The number of nitrogens with zero attached hydrogens (tertiary/aromatic N) is 1. The van der Waals surface area contributed by atoms with Crippen molar-refractivity contribution >= 4 is 24.8 Å². The molecule has 12 heavy (non-hydrogen) atoms. The van der Waals surface area contributed by atoms with Gasteiger partial charge in [0.25, 0.3) is 0 Å². The molecular weight excluding hydrogens is 195 g/mol. The van der Waals surface area contributed by atoms with Gasteiger partial charge in [-0.15, -0.1) is 24.8 Å². The van der Waals surface area contributed by atoms with Gasteiger partial charge in [0, 0.05) is 25.2 Å². The topological polar surface area (TPSA) is 15.3 Å². The summed E-state index contributed by atoms with van der Waals surface area (Å²) in [5.74, 6) is 0. The summed E-state index contributed by atoms with van der Waals surface area (Å²) < 4.78 is 0. The maximum atomic E-state index is 3.41. The highest BCUT2D eigenvalue weighted by atomic mass is 35.5. The molecule has 0 aliphatic carbocycles. The minimum atomic E-state index is 0. The molecule has 0 spiro atoms. The average molecular weight is 215 g/mol. The van der Waals surface area contributed by atoms with Crippen LogP contribution in [0.1, 0.15) is 20.8 Å². The third kappa shape index (κ3) is 3.48. The molecule has 0 aromatic rings. The first-order chi connectivity index (χ1) is 4.75. The predicted molar refractivity (Wildman–Crippen MR) is 58.7 cm³/mol. The first-order valence-electron chi connectivity index (χ1n) is 4.22. The number of nitrogens with one attached hydrogen (secondary N) is 1. The summed E-state index contributed by atoms with van der Waals surface area (Å²) >= 11 is 0. The Labute approximate surface area is 87.9 Å². The number of likely N-dealkylation sites (N-methyl/N-ethyl adjacent to an activating group) is 1. The van der Waals surface area contributed by atoms with Crippen molar-refractivity contribution in [2.75, 3.05) is 19.6 Å². The summed E-state index contributed by atoms with van der Waals surface area (Å²) in [5.41, 5.74) is 0. The Morgan fingerprint density at radius 2 is 1.58 bits per heavy atom. The largest absolute Gasteiger partial charge is 0.314 e. The summed E-state index contributed by atoms with van der Waals surface area (Å²) in [6.07, 6.45) is 0. The predicted octanol–water partition coefficient (Wildman–Crippen LogP) is 1.53. The molecule has 0 bridgehead atoms. The van der Waals surface area contributed by atoms with Crippen LogP contribution in [-0.4, -0.2) is 36.6 Å². The first kappa shape index (κ1) is 15.0. The van der Waals surface area contributed by atoms with Crippen molar-refractivity contribution in [3.63, 3.8) is 0 Å². The lowest BCUT2D eigenvalue weighted by Crippen LogP contribution is -2.54. The second-order valence-corrected chi connectivity index (χ2v) is 3.19. The molecule has 0 aromatic heterocycles. The van der Waals surface area contributed by atoms with Crippen molar-refractivity contribution in [3.8, 4) is 0 Å². The van der Waals surface area contributed by atoms with Crippen LogP contribution in [0.4, 0.5) is 0 Å². The monoisotopic (exact) mass is 214 g/mol. The maximum Gasteiger partial charge on any atom is 0.0195 e. The molecule has 0 amide bonds. The Kier molecular flexibility index (Phi) is 8.69. The van der Waals surface area contributed by atoms with Crippen LogP contribution in [-0.2, 0) is 0 Å². The summed E-state index contributed by atoms with van der Waals surface area (Å²) in [6.45, 7) is 10.3. The van der Waals surface area contributed by atoms with Crippen LogP contribution in [0, 0.1) is 0 Å². The molecule has 0 unspecified atom stereocenters. The number of rotatable bonds is 1. The fourth-order valence-electron chi connectivity index (χ4n) is 1.79. The van der Waals surface area contributed by atoms with E-state index >= 15 is 0 Å². The Morgan fingerprint density at radius 3 is 1.83 bits per heavy atom. The van der Waals surface area contributed by atoms with Gasteiger partial charge < -0.3 is 5.32 Å². The van der Waals surface area contributed by atoms with Crippen molar-refractivity contribution in [1.29, 1.82) is 0 Å². The molecule has 0 saturated carbocycles. The molecule has 1 saturated heterocycles. The summed E-state index contributed by atoms with van der Waals surface area (Å²) in [6, 6.07) is 1.43. The van der Waals surface area contributed by atoms with Crippen LogP contribution in [0.25, 0.3) is 0 Å². The lowest BCUT2D eigenvalue weighted by molar-refractivity contribution is 0.124. The molecule has 4 heteroatoms. The third-order valence-corrected chi connectivity index (χ3v) is 2.38. The van der Waals surface area contributed by atoms with E-state index in [1.54, 1.807) is 0 Å². The molecule has 76 valence electrons. The van der Waals surface area contributed by atoms with Gasteiger partial charge in [0.15, 0.2) is 0 Å². The van der Waals surface area contributed by atoms with E-state index in [4.69, 9.17) is 0 Å². The molecule has 2 atom stereocenters. The minimum Gasteiger partial charge on any atom is -0.314 e. The van der Waals surface area contributed by atoms with Crippen molar-refractivity contribution in [2.24, 2.45) is 0 Å². The van der Waals surface area contributed by atoms with Gasteiger partial charge in [-0.25, -0.2) is 0 Å². The second kappa shape index (κ2) is 6.96. The number of hydrogen-bond acceptors (Lipinski definition) is 2. The highest BCUT2D eigenvalue weighted by molar-refractivity contribution is 5.85. The SMILES string of the molecule is CCN1[C@H](C)CNC[C@@H]1C.Cl.Cl. The van der Waals surface area contributed by atoms with E-state index in [2.05, 4.69) is 31.0 Å². The van der Waals surface area contributed by atoms with E-state index in [9.17, 15) is 0 Å². The smallest absolute Gasteiger partial charge is 0.0195 e. The molecule has 0 radical (unpaired) electrons. The fraction of sp³-hybridized carbons (Fsp3) is 1.00. The zero-order valence-electron chi connectivity index (χ0n) is 8.04. The fourth-order valence-corrected chi connectivity index (χ4v) is 1.79. The van der Waals surface area contributed by atoms with E-state index < -0.39 is 0 Å². The van der Waals surface area contributed by atoms with Gasteiger partial charge in [0.2, 0.25) is 0 Å². The zero-order valence-corrected chi connectivity index (χ0v) is 9.67. The molecule has 1 aliphatic heterocycles. The van der Waals surface area contributed by atoms with E-state index in [-0.39, 0.29) is 24.8 Å². The maximum absolute atomic E-state index is 3.41. The standard InChI is InChI=1S/C8H18N2.2ClH/c1-4-10-7(2)5-9-6-8(10)3;;/h7-9H,4-6H2,1-3H3;2*1H/t7-,8+;;. The number of hydrogen-bond donors (Lipinski definition) is 1. The van der Waals surface area contributed by atoms with E-state index in [1.165, 1.54) is 6.54 Å².